The molecule has 0 aliphatic rings. The fourth-order valence-corrected chi connectivity index (χ4v) is 6.66. The summed E-state index contributed by atoms with van der Waals surface area (Å²) in [5.41, 5.74) is 1.33. The topological polar surface area (TPSA) is 0 Å². The van der Waals surface area contributed by atoms with Gasteiger partial charge in [-0.3, -0.25) is 0 Å². The third kappa shape index (κ3) is 2.57. The Labute approximate surface area is 128 Å². The van der Waals surface area contributed by atoms with Gasteiger partial charge in [-0.15, -0.1) is 0 Å². The third-order valence-corrected chi connectivity index (χ3v) is 8.74. The van der Waals surface area contributed by atoms with Gasteiger partial charge in [0.05, 0.1) is 0 Å². The minimum absolute atomic E-state index is 1.33. The first-order valence-electron chi connectivity index (χ1n) is 7.39. The molecule has 0 saturated carbocycles. The van der Waals surface area contributed by atoms with E-state index < -0.39 is 8.07 Å². The van der Waals surface area contributed by atoms with Gasteiger partial charge >= 0.3 is 0 Å². The van der Waals surface area contributed by atoms with E-state index in [0.717, 1.165) is 0 Å². The van der Waals surface area contributed by atoms with E-state index in [4.69, 9.17) is 0 Å². The SMILES string of the molecule is Cc1cccc([Si](C)(c2ccccc2)c2ccccc2)c1. The van der Waals surface area contributed by atoms with Gasteiger partial charge in [-0.1, -0.05) is 97.0 Å². The zero-order valence-electron chi connectivity index (χ0n) is 12.6. The molecule has 0 amide bonds. The van der Waals surface area contributed by atoms with Crippen molar-refractivity contribution >= 4 is 23.6 Å². The van der Waals surface area contributed by atoms with Crippen LogP contribution in [0.1, 0.15) is 5.56 Å². The number of aryl methyl sites for hydroxylation is 1. The minimum Gasteiger partial charge on any atom is -0.0624 e. The van der Waals surface area contributed by atoms with Gasteiger partial charge in [0.1, 0.15) is 8.07 Å². The van der Waals surface area contributed by atoms with Crippen LogP contribution in [0.4, 0.5) is 0 Å². The molecule has 0 atom stereocenters. The van der Waals surface area contributed by atoms with Crippen molar-refractivity contribution in [2.45, 2.75) is 13.5 Å². The summed E-state index contributed by atoms with van der Waals surface area (Å²) in [6.07, 6.45) is 0. The highest BCUT2D eigenvalue weighted by Crippen LogP contribution is 2.08. The van der Waals surface area contributed by atoms with E-state index in [2.05, 4.69) is 98.4 Å². The first-order chi connectivity index (χ1) is 10.2. The van der Waals surface area contributed by atoms with Gasteiger partial charge in [-0.2, -0.15) is 0 Å². The molecule has 3 aromatic carbocycles. The average molecular weight is 288 g/mol. The molecule has 3 rings (SSSR count). The lowest BCUT2D eigenvalue weighted by Gasteiger charge is -2.29. The fourth-order valence-electron chi connectivity index (χ4n) is 3.00. The Morgan fingerprint density at radius 3 is 1.52 bits per heavy atom. The van der Waals surface area contributed by atoms with Crippen LogP contribution in [0.3, 0.4) is 0 Å². The van der Waals surface area contributed by atoms with Crippen molar-refractivity contribution in [3.05, 3.63) is 90.5 Å². The summed E-state index contributed by atoms with van der Waals surface area (Å²) >= 11 is 0. The molecule has 0 radical (unpaired) electrons. The zero-order valence-corrected chi connectivity index (χ0v) is 13.6. The van der Waals surface area contributed by atoms with E-state index >= 15 is 0 Å². The monoisotopic (exact) mass is 288 g/mol. The van der Waals surface area contributed by atoms with E-state index in [0.29, 0.717) is 0 Å². The van der Waals surface area contributed by atoms with E-state index in [1.807, 2.05) is 0 Å². The maximum absolute atomic E-state index is 2.45. The lowest BCUT2D eigenvalue weighted by Crippen LogP contribution is -2.64. The van der Waals surface area contributed by atoms with Gasteiger partial charge in [0.15, 0.2) is 0 Å². The zero-order chi connectivity index (χ0) is 14.7. The summed E-state index contributed by atoms with van der Waals surface area (Å²) in [6.45, 7) is 4.63. The van der Waals surface area contributed by atoms with Crippen LogP contribution in [0.2, 0.25) is 6.55 Å². The Bertz CT molecular complexity index is 678. The summed E-state index contributed by atoms with van der Waals surface area (Å²) in [5.74, 6) is 0. The van der Waals surface area contributed by atoms with Crippen LogP contribution in [0.5, 0.6) is 0 Å². The molecule has 0 saturated heterocycles. The smallest absolute Gasteiger partial charge is 0.0624 e. The highest BCUT2D eigenvalue weighted by atomic mass is 28.3. The van der Waals surface area contributed by atoms with Crippen LogP contribution < -0.4 is 15.6 Å². The largest absolute Gasteiger partial charge is 0.145 e. The Kier molecular flexibility index (Phi) is 3.76. The van der Waals surface area contributed by atoms with Crippen molar-refractivity contribution < 1.29 is 0 Å². The molecule has 0 aliphatic heterocycles. The molecule has 0 unspecified atom stereocenters. The van der Waals surface area contributed by atoms with Gasteiger partial charge in [0.2, 0.25) is 0 Å². The molecule has 0 N–H and O–H groups in total. The Morgan fingerprint density at radius 2 is 1.05 bits per heavy atom. The van der Waals surface area contributed by atoms with Gasteiger partial charge in [0, 0.05) is 0 Å². The molecule has 0 fully saturated rings. The Morgan fingerprint density at radius 1 is 0.571 bits per heavy atom. The summed E-state index contributed by atoms with van der Waals surface area (Å²) in [5, 5.41) is 4.39. The highest BCUT2D eigenvalue weighted by Gasteiger charge is 2.33. The molecule has 0 aromatic heterocycles. The number of hydrogen-bond acceptors (Lipinski definition) is 0. The summed E-state index contributed by atoms with van der Waals surface area (Å²) in [4.78, 5) is 0. The quantitative estimate of drug-likeness (QED) is 0.513. The standard InChI is InChI=1S/C20H20Si/c1-17-10-9-15-20(16-17)21(2,18-11-5-3-6-12-18)19-13-7-4-8-14-19/h3-16H,1-2H3. The molecular formula is C20H20Si. The van der Waals surface area contributed by atoms with Crippen LogP contribution in [-0.4, -0.2) is 8.07 Å². The van der Waals surface area contributed by atoms with Gasteiger partial charge in [-0.25, -0.2) is 0 Å². The predicted molar refractivity (Wildman–Crippen MR) is 94.6 cm³/mol. The maximum Gasteiger partial charge on any atom is 0.145 e. The van der Waals surface area contributed by atoms with Crippen LogP contribution >= 0.6 is 0 Å². The summed E-state index contributed by atoms with van der Waals surface area (Å²) in [7, 11) is -1.91. The Hall–Kier alpha value is -2.12. The van der Waals surface area contributed by atoms with Gasteiger partial charge < -0.3 is 0 Å². The Balaban J connectivity index is 2.25. The van der Waals surface area contributed by atoms with Gasteiger partial charge in [-0.05, 0) is 22.5 Å². The molecule has 3 aromatic rings. The first-order valence-corrected chi connectivity index (χ1v) is 9.89. The van der Waals surface area contributed by atoms with Crippen molar-refractivity contribution in [2.24, 2.45) is 0 Å². The van der Waals surface area contributed by atoms with E-state index in [1.54, 1.807) is 0 Å². The molecule has 0 heterocycles. The van der Waals surface area contributed by atoms with E-state index in [-0.39, 0.29) is 0 Å². The van der Waals surface area contributed by atoms with E-state index in [9.17, 15) is 0 Å². The summed E-state index contributed by atoms with van der Waals surface area (Å²) in [6, 6.07) is 30.9. The fraction of sp³-hybridized carbons (Fsp3) is 0.100. The van der Waals surface area contributed by atoms with Gasteiger partial charge in [0.25, 0.3) is 0 Å². The van der Waals surface area contributed by atoms with Crippen molar-refractivity contribution in [2.75, 3.05) is 0 Å². The van der Waals surface area contributed by atoms with Crippen LogP contribution in [-0.2, 0) is 0 Å². The van der Waals surface area contributed by atoms with E-state index in [1.165, 1.54) is 21.1 Å². The van der Waals surface area contributed by atoms with Crippen molar-refractivity contribution in [1.82, 2.24) is 0 Å². The predicted octanol–water partition coefficient (Wildman–Crippen LogP) is 3.10. The minimum atomic E-state index is -1.91. The molecule has 104 valence electrons. The maximum atomic E-state index is 2.45. The normalized spacial score (nSPS) is 11.3. The molecule has 21 heavy (non-hydrogen) atoms. The summed E-state index contributed by atoms with van der Waals surface area (Å²) < 4.78 is 0. The first kappa shape index (κ1) is 13.8. The average Bonchev–Trinajstić information content (AvgIpc) is 2.56. The molecule has 0 spiro atoms. The van der Waals surface area contributed by atoms with Crippen molar-refractivity contribution in [3.63, 3.8) is 0 Å². The number of hydrogen-bond donors (Lipinski definition) is 0. The lowest BCUT2D eigenvalue weighted by molar-refractivity contribution is 1.49. The van der Waals surface area contributed by atoms with Crippen LogP contribution in [0, 0.1) is 6.92 Å². The lowest BCUT2D eigenvalue weighted by atomic mass is 10.2. The molecule has 0 aliphatic carbocycles. The second-order valence-electron chi connectivity index (χ2n) is 5.73. The highest BCUT2D eigenvalue weighted by molar-refractivity contribution is 7.10. The number of rotatable bonds is 3. The number of benzene rings is 3. The van der Waals surface area contributed by atoms with Crippen molar-refractivity contribution in [1.29, 1.82) is 0 Å². The molecule has 1 heteroatoms. The van der Waals surface area contributed by atoms with Crippen molar-refractivity contribution in [3.8, 4) is 0 Å². The van der Waals surface area contributed by atoms with Crippen LogP contribution in [0.15, 0.2) is 84.9 Å². The molecular weight excluding hydrogens is 268 g/mol. The molecule has 0 bridgehead atoms. The molecule has 0 nitrogen and oxygen atoms in total. The van der Waals surface area contributed by atoms with Crippen LogP contribution in [0.25, 0.3) is 0 Å². The second kappa shape index (κ2) is 5.70. The third-order valence-electron chi connectivity index (χ3n) is 4.30. The second-order valence-corrected chi connectivity index (χ2v) is 9.71.